The Bertz CT molecular complexity index is 824. The van der Waals surface area contributed by atoms with Gasteiger partial charge in [-0.15, -0.1) is 0 Å². The molecule has 1 unspecified atom stereocenters. The SMILES string of the molecule is CCCCNC(=O)C(CC)N(Cc1ccc(F)cc1)C(=O)COc1ccc(OC)cc1. The lowest BCUT2D eigenvalue weighted by molar-refractivity contribution is -0.143. The van der Waals surface area contributed by atoms with Crippen molar-refractivity contribution in [2.75, 3.05) is 20.3 Å². The number of benzene rings is 2. The second-order valence-electron chi connectivity index (χ2n) is 7.18. The van der Waals surface area contributed by atoms with Gasteiger partial charge >= 0.3 is 0 Å². The molecule has 0 saturated heterocycles. The smallest absolute Gasteiger partial charge is 0.261 e. The van der Waals surface area contributed by atoms with Crippen LogP contribution in [-0.4, -0.2) is 43.0 Å². The molecule has 31 heavy (non-hydrogen) atoms. The van der Waals surface area contributed by atoms with Crippen LogP contribution in [0.3, 0.4) is 0 Å². The Balaban J connectivity index is 2.14. The second-order valence-corrected chi connectivity index (χ2v) is 7.18. The fourth-order valence-electron chi connectivity index (χ4n) is 3.11. The van der Waals surface area contributed by atoms with Crippen molar-refractivity contribution in [1.82, 2.24) is 10.2 Å². The number of ether oxygens (including phenoxy) is 2. The van der Waals surface area contributed by atoms with Crippen LogP contribution in [0, 0.1) is 5.82 Å². The highest BCUT2D eigenvalue weighted by Crippen LogP contribution is 2.18. The molecular formula is C24H31FN2O4. The van der Waals surface area contributed by atoms with Crippen LogP contribution in [-0.2, 0) is 16.1 Å². The van der Waals surface area contributed by atoms with Gasteiger partial charge in [0.25, 0.3) is 5.91 Å². The Hall–Kier alpha value is -3.09. The Kier molecular flexibility index (Phi) is 9.81. The third-order valence-electron chi connectivity index (χ3n) is 4.90. The van der Waals surface area contributed by atoms with Gasteiger partial charge in [0.15, 0.2) is 6.61 Å². The average molecular weight is 431 g/mol. The number of hydrogen-bond acceptors (Lipinski definition) is 4. The Morgan fingerprint density at radius 1 is 1.03 bits per heavy atom. The predicted octanol–water partition coefficient (Wildman–Crippen LogP) is 3.94. The van der Waals surface area contributed by atoms with E-state index in [1.165, 1.54) is 17.0 Å². The number of unbranched alkanes of at least 4 members (excludes halogenated alkanes) is 1. The summed E-state index contributed by atoms with van der Waals surface area (Å²) in [4.78, 5) is 27.3. The maximum absolute atomic E-state index is 13.3. The molecule has 2 aromatic carbocycles. The van der Waals surface area contributed by atoms with Crippen LogP contribution in [0.1, 0.15) is 38.7 Å². The van der Waals surface area contributed by atoms with Gasteiger partial charge in [-0.1, -0.05) is 32.4 Å². The largest absolute Gasteiger partial charge is 0.497 e. The summed E-state index contributed by atoms with van der Waals surface area (Å²) in [7, 11) is 1.57. The quantitative estimate of drug-likeness (QED) is 0.518. The first kappa shape index (κ1) is 24.2. The highest BCUT2D eigenvalue weighted by atomic mass is 19.1. The highest BCUT2D eigenvalue weighted by molar-refractivity contribution is 5.88. The molecule has 0 aliphatic carbocycles. The summed E-state index contributed by atoms with van der Waals surface area (Å²) in [6.45, 7) is 4.44. The number of nitrogens with zero attached hydrogens (tertiary/aromatic N) is 1. The molecule has 2 rings (SSSR count). The molecule has 0 bridgehead atoms. The molecule has 0 aromatic heterocycles. The van der Waals surface area contributed by atoms with Crippen LogP contribution < -0.4 is 14.8 Å². The highest BCUT2D eigenvalue weighted by Gasteiger charge is 2.28. The molecule has 2 aromatic rings. The number of carbonyl (C=O) groups is 2. The molecule has 1 N–H and O–H groups in total. The van der Waals surface area contributed by atoms with Gasteiger partial charge in [0, 0.05) is 13.1 Å². The van der Waals surface area contributed by atoms with E-state index in [0.717, 1.165) is 18.4 Å². The minimum atomic E-state index is -0.645. The van der Waals surface area contributed by atoms with Gasteiger partial charge in [0.05, 0.1) is 7.11 Å². The molecular weight excluding hydrogens is 399 g/mol. The summed E-state index contributed by atoms with van der Waals surface area (Å²) in [5.74, 6) is 0.338. The fourth-order valence-corrected chi connectivity index (χ4v) is 3.11. The summed E-state index contributed by atoms with van der Waals surface area (Å²) in [6, 6.07) is 12.2. The molecule has 2 amide bonds. The van der Waals surface area contributed by atoms with Gasteiger partial charge in [-0.05, 0) is 54.8 Å². The molecule has 0 fully saturated rings. The van der Waals surface area contributed by atoms with E-state index in [-0.39, 0.29) is 30.8 Å². The zero-order valence-electron chi connectivity index (χ0n) is 18.4. The van der Waals surface area contributed by atoms with Crippen molar-refractivity contribution >= 4 is 11.8 Å². The summed E-state index contributed by atoms with van der Waals surface area (Å²) in [6.07, 6.45) is 2.28. The molecule has 0 saturated carbocycles. The van der Waals surface area contributed by atoms with E-state index in [9.17, 15) is 14.0 Å². The summed E-state index contributed by atoms with van der Waals surface area (Å²) >= 11 is 0. The van der Waals surface area contributed by atoms with E-state index >= 15 is 0 Å². The Morgan fingerprint density at radius 3 is 2.26 bits per heavy atom. The zero-order valence-corrected chi connectivity index (χ0v) is 18.4. The van der Waals surface area contributed by atoms with E-state index in [1.807, 2.05) is 13.8 Å². The van der Waals surface area contributed by atoms with E-state index in [2.05, 4.69) is 5.32 Å². The van der Waals surface area contributed by atoms with E-state index < -0.39 is 6.04 Å². The van der Waals surface area contributed by atoms with Crippen molar-refractivity contribution in [3.8, 4) is 11.5 Å². The number of amides is 2. The topological polar surface area (TPSA) is 67.9 Å². The van der Waals surface area contributed by atoms with Gasteiger partial charge < -0.3 is 19.7 Å². The first-order valence-corrected chi connectivity index (χ1v) is 10.6. The molecule has 6 nitrogen and oxygen atoms in total. The number of hydrogen-bond donors (Lipinski definition) is 1. The van der Waals surface area contributed by atoms with Crippen LogP contribution in [0.2, 0.25) is 0 Å². The van der Waals surface area contributed by atoms with Gasteiger partial charge in [-0.25, -0.2) is 4.39 Å². The van der Waals surface area contributed by atoms with Crippen molar-refractivity contribution in [1.29, 1.82) is 0 Å². The van der Waals surface area contributed by atoms with Crippen molar-refractivity contribution in [2.45, 2.75) is 45.7 Å². The monoisotopic (exact) mass is 430 g/mol. The van der Waals surface area contributed by atoms with Crippen molar-refractivity contribution < 1.29 is 23.5 Å². The molecule has 0 spiro atoms. The summed E-state index contributed by atoms with van der Waals surface area (Å²) in [5, 5.41) is 2.90. The zero-order chi connectivity index (χ0) is 22.6. The van der Waals surface area contributed by atoms with Crippen LogP contribution in [0.25, 0.3) is 0 Å². The van der Waals surface area contributed by atoms with Crippen molar-refractivity contribution in [2.24, 2.45) is 0 Å². The normalized spacial score (nSPS) is 11.5. The third-order valence-corrected chi connectivity index (χ3v) is 4.90. The maximum Gasteiger partial charge on any atom is 0.261 e. The lowest BCUT2D eigenvalue weighted by Crippen LogP contribution is -2.50. The summed E-state index contributed by atoms with van der Waals surface area (Å²) < 4.78 is 24.1. The lowest BCUT2D eigenvalue weighted by atomic mass is 10.1. The fraction of sp³-hybridized carbons (Fsp3) is 0.417. The molecule has 0 radical (unpaired) electrons. The number of carbonyl (C=O) groups excluding carboxylic acids is 2. The molecule has 0 aliphatic heterocycles. The lowest BCUT2D eigenvalue weighted by Gasteiger charge is -2.30. The minimum Gasteiger partial charge on any atom is -0.497 e. The van der Waals surface area contributed by atoms with Gasteiger partial charge in [0.1, 0.15) is 23.4 Å². The van der Waals surface area contributed by atoms with Gasteiger partial charge in [-0.2, -0.15) is 0 Å². The first-order valence-electron chi connectivity index (χ1n) is 10.6. The van der Waals surface area contributed by atoms with Gasteiger partial charge in [0.2, 0.25) is 5.91 Å². The van der Waals surface area contributed by atoms with Crippen molar-refractivity contribution in [3.05, 3.63) is 59.9 Å². The Morgan fingerprint density at radius 2 is 1.68 bits per heavy atom. The Labute approximate surface area is 183 Å². The number of nitrogens with one attached hydrogen (secondary N) is 1. The molecule has 0 aliphatic rings. The number of rotatable bonds is 12. The molecule has 168 valence electrons. The molecule has 7 heteroatoms. The van der Waals surface area contributed by atoms with Crippen LogP contribution in [0.4, 0.5) is 4.39 Å². The summed E-state index contributed by atoms with van der Waals surface area (Å²) in [5.41, 5.74) is 0.735. The minimum absolute atomic E-state index is 0.185. The third kappa shape index (κ3) is 7.59. The van der Waals surface area contributed by atoms with Crippen LogP contribution in [0.5, 0.6) is 11.5 Å². The van der Waals surface area contributed by atoms with Crippen LogP contribution >= 0.6 is 0 Å². The van der Waals surface area contributed by atoms with Gasteiger partial charge in [-0.3, -0.25) is 9.59 Å². The molecule has 0 heterocycles. The average Bonchev–Trinajstić information content (AvgIpc) is 2.79. The maximum atomic E-state index is 13.3. The number of halogens is 1. The van der Waals surface area contributed by atoms with E-state index in [1.54, 1.807) is 43.5 Å². The first-order chi connectivity index (χ1) is 15.0. The number of methoxy groups -OCH3 is 1. The van der Waals surface area contributed by atoms with E-state index in [4.69, 9.17) is 9.47 Å². The van der Waals surface area contributed by atoms with E-state index in [0.29, 0.717) is 24.5 Å². The predicted molar refractivity (Wildman–Crippen MR) is 117 cm³/mol. The van der Waals surface area contributed by atoms with Crippen molar-refractivity contribution in [3.63, 3.8) is 0 Å². The van der Waals surface area contributed by atoms with Crippen LogP contribution in [0.15, 0.2) is 48.5 Å². The molecule has 1 atom stereocenters. The second kappa shape index (κ2) is 12.6. The standard InChI is InChI=1S/C24H31FN2O4/c1-4-6-15-26-24(29)22(5-2)27(16-18-7-9-19(25)10-8-18)23(28)17-31-21-13-11-20(30-3)12-14-21/h7-14,22H,4-6,15-17H2,1-3H3,(H,26,29).